The van der Waals surface area contributed by atoms with E-state index in [1.807, 2.05) is 48.7 Å². The summed E-state index contributed by atoms with van der Waals surface area (Å²) in [7, 11) is 1.34. The molecule has 1 amide bonds. The Hall–Kier alpha value is -3.55. The lowest BCUT2D eigenvalue weighted by Gasteiger charge is -2.12. The van der Waals surface area contributed by atoms with Gasteiger partial charge in [0.25, 0.3) is 0 Å². The Morgan fingerprint density at radius 3 is 2.41 bits per heavy atom. The third kappa shape index (κ3) is 6.07. The molecule has 0 saturated carbocycles. The molecule has 0 aliphatic heterocycles. The van der Waals surface area contributed by atoms with Crippen LogP contribution in [0.5, 0.6) is 5.75 Å². The first-order valence-corrected chi connectivity index (χ1v) is 11.6. The fourth-order valence-electron chi connectivity index (χ4n) is 3.70. The average molecular weight is 467 g/mol. The minimum atomic E-state index is -0.510. The number of carbonyl (C=O) groups excluding carboxylic acids is 2. The molecule has 2 aromatic heterocycles. The van der Waals surface area contributed by atoms with Crippen molar-refractivity contribution in [2.24, 2.45) is 5.92 Å². The lowest BCUT2D eigenvalue weighted by molar-refractivity contribution is -0.114. The molecule has 0 saturated heterocycles. The number of fused-ring (bicyclic) bond motifs is 1. The van der Waals surface area contributed by atoms with Gasteiger partial charge >= 0.3 is 5.97 Å². The Bertz CT molecular complexity index is 1150. The van der Waals surface area contributed by atoms with Crippen molar-refractivity contribution in [3.63, 3.8) is 0 Å². The number of ether oxygens (including phenoxy) is 2. The molecular weight excluding hydrogens is 432 g/mol. The molecule has 0 spiro atoms. The van der Waals surface area contributed by atoms with Crippen molar-refractivity contribution >= 4 is 34.3 Å². The maximum absolute atomic E-state index is 12.7. The number of amides is 1. The molecule has 0 fully saturated rings. The predicted octanol–water partition coefficient (Wildman–Crippen LogP) is 5.23. The second-order valence-electron chi connectivity index (χ2n) is 8.99. The lowest BCUT2D eigenvalue weighted by atomic mass is 10.1. The molecule has 34 heavy (non-hydrogen) atoms. The molecule has 8 heteroatoms. The van der Waals surface area contributed by atoms with Crippen LogP contribution in [0.15, 0.2) is 36.5 Å². The Balaban J connectivity index is 1.94. The molecule has 182 valence electrons. The van der Waals surface area contributed by atoms with Gasteiger partial charge in [0.1, 0.15) is 11.4 Å². The van der Waals surface area contributed by atoms with Gasteiger partial charge in [0.2, 0.25) is 5.91 Å². The van der Waals surface area contributed by atoms with Crippen molar-refractivity contribution < 1.29 is 19.1 Å². The largest absolute Gasteiger partial charge is 0.491 e. The molecule has 0 radical (unpaired) electrons. The Morgan fingerprint density at radius 1 is 1.12 bits per heavy atom. The van der Waals surface area contributed by atoms with Crippen LogP contribution in [-0.4, -0.2) is 34.6 Å². The van der Waals surface area contributed by atoms with E-state index in [4.69, 9.17) is 9.47 Å². The third-order valence-electron chi connectivity index (χ3n) is 5.30. The number of esters is 1. The fourth-order valence-corrected chi connectivity index (χ4v) is 3.70. The highest BCUT2D eigenvalue weighted by molar-refractivity contribution is 6.10. The zero-order chi connectivity index (χ0) is 24.8. The average Bonchev–Trinajstić information content (AvgIpc) is 3.08. The Morgan fingerprint density at radius 2 is 1.82 bits per heavy atom. The first-order chi connectivity index (χ1) is 16.2. The third-order valence-corrected chi connectivity index (χ3v) is 5.30. The molecule has 0 bridgehead atoms. The van der Waals surface area contributed by atoms with Gasteiger partial charge in [0.05, 0.1) is 30.8 Å². The normalized spacial score (nSPS) is 11.2. The molecule has 0 aliphatic rings. The Kier molecular flexibility index (Phi) is 8.15. The quantitative estimate of drug-likeness (QED) is 0.398. The summed E-state index contributed by atoms with van der Waals surface area (Å²) in [5.74, 6) is 0.490. The highest BCUT2D eigenvalue weighted by Crippen LogP contribution is 2.33. The zero-order valence-corrected chi connectivity index (χ0v) is 20.8. The summed E-state index contributed by atoms with van der Waals surface area (Å²) in [6, 6.07) is 9.83. The smallest absolute Gasteiger partial charge is 0.356 e. The van der Waals surface area contributed by atoms with Gasteiger partial charge in [-0.2, -0.15) is 0 Å². The number of carbonyl (C=O) groups is 2. The monoisotopic (exact) mass is 466 g/mol. The minimum Gasteiger partial charge on any atom is -0.491 e. The molecule has 3 rings (SSSR count). The van der Waals surface area contributed by atoms with E-state index < -0.39 is 5.97 Å². The van der Waals surface area contributed by atoms with Crippen LogP contribution in [0, 0.1) is 5.92 Å². The number of anilines is 2. The number of aryl methyl sites for hydroxylation is 1. The number of nitrogens with zero attached hydrogens (tertiary/aromatic N) is 2. The van der Waals surface area contributed by atoms with Crippen molar-refractivity contribution in [2.75, 3.05) is 17.7 Å². The van der Waals surface area contributed by atoms with E-state index in [-0.39, 0.29) is 12.0 Å². The molecule has 1 aromatic carbocycles. The van der Waals surface area contributed by atoms with Crippen molar-refractivity contribution in [2.45, 2.75) is 60.2 Å². The first kappa shape index (κ1) is 25.1. The molecular formula is C26H34N4O4. The van der Waals surface area contributed by atoms with Crippen molar-refractivity contribution in [3.8, 4) is 5.75 Å². The predicted molar refractivity (Wildman–Crippen MR) is 134 cm³/mol. The van der Waals surface area contributed by atoms with E-state index >= 15 is 0 Å². The molecule has 3 aromatic rings. The first-order valence-electron chi connectivity index (χ1n) is 11.6. The van der Waals surface area contributed by atoms with E-state index in [9.17, 15) is 9.59 Å². The summed E-state index contributed by atoms with van der Waals surface area (Å²) in [6.45, 7) is 10.8. The van der Waals surface area contributed by atoms with Gasteiger partial charge in [-0.1, -0.05) is 26.0 Å². The van der Waals surface area contributed by atoms with Crippen molar-refractivity contribution in [1.29, 1.82) is 0 Å². The molecule has 0 aliphatic carbocycles. The highest BCUT2D eigenvalue weighted by Gasteiger charge is 2.25. The number of aromatic nitrogens is 2. The minimum absolute atomic E-state index is 0.127. The van der Waals surface area contributed by atoms with Crippen LogP contribution in [0.2, 0.25) is 0 Å². The van der Waals surface area contributed by atoms with Crippen LogP contribution < -0.4 is 15.4 Å². The summed E-state index contributed by atoms with van der Waals surface area (Å²) in [5.41, 5.74) is 3.22. The van der Waals surface area contributed by atoms with E-state index in [0.29, 0.717) is 41.4 Å². The second-order valence-corrected chi connectivity index (χ2v) is 8.99. The summed E-state index contributed by atoms with van der Waals surface area (Å²) < 4.78 is 12.6. The second kappa shape index (κ2) is 11.0. The summed E-state index contributed by atoms with van der Waals surface area (Å²) in [4.78, 5) is 29.3. The summed E-state index contributed by atoms with van der Waals surface area (Å²) >= 11 is 0. The number of benzene rings is 1. The standard InChI is InChI=1S/C26H34N4O4/c1-16(2)11-12-30-24(26(32)33-6)23(29-18(5)31)22-13-20(15-28-25(22)30)27-14-19-7-9-21(10-8-19)34-17(3)4/h7-10,13,15-17,27H,11-12,14H2,1-6H3,(H,29,31). The van der Waals surface area contributed by atoms with E-state index in [1.165, 1.54) is 14.0 Å². The van der Waals surface area contributed by atoms with Crippen LogP contribution in [-0.2, 0) is 22.6 Å². The Labute approximate surface area is 200 Å². The molecule has 2 N–H and O–H groups in total. The number of rotatable bonds is 10. The lowest BCUT2D eigenvalue weighted by Crippen LogP contribution is -2.16. The van der Waals surface area contributed by atoms with Crippen molar-refractivity contribution in [1.82, 2.24) is 9.55 Å². The topological polar surface area (TPSA) is 94.5 Å². The zero-order valence-electron chi connectivity index (χ0n) is 20.8. The highest BCUT2D eigenvalue weighted by atomic mass is 16.5. The number of hydrogen-bond acceptors (Lipinski definition) is 6. The number of methoxy groups -OCH3 is 1. The maximum Gasteiger partial charge on any atom is 0.356 e. The molecule has 0 atom stereocenters. The van der Waals surface area contributed by atoms with Gasteiger partial charge in [0, 0.05) is 25.4 Å². The van der Waals surface area contributed by atoms with E-state index in [0.717, 1.165) is 23.4 Å². The number of hydrogen-bond donors (Lipinski definition) is 2. The van der Waals surface area contributed by atoms with Gasteiger partial charge in [-0.25, -0.2) is 9.78 Å². The van der Waals surface area contributed by atoms with Crippen molar-refractivity contribution in [3.05, 3.63) is 47.8 Å². The van der Waals surface area contributed by atoms with E-state index in [2.05, 4.69) is 29.5 Å². The summed E-state index contributed by atoms with van der Waals surface area (Å²) in [6.07, 6.45) is 2.72. The summed E-state index contributed by atoms with van der Waals surface area (Å²) in [5, 5.41) is 6.88. The van der Waals surface area contributed by atoms with Gasteiger partial charge in [0.15, 0.2) is 5.69 Å². The maximum atomic E-state index is 12.7. The number of pyridine rings is 1. The van der Waals surface area contributed by atoms with Crippen LogP contribution in [0.1, 0.15) is 57.1 Å². The van der Waals surface area contributed by atoms with Gasteiger partial charge in [-0.05, 0) is 49.9 Å². The van der Waals surface area contributed by atoms with Crippen LogP contribution in [0.25, 0.3) is 11.0 Å². The fraction of sp³-hybridized carbons (Fsp3) is 0.423. The van der Waals surface area contributed by atoms with E-state index in [1.54, 1.807) is 6.20 Å². The number of nitrogens with one attached hydrogen (secondary N) is 2. The SMILES string of the molecule is COC(=O)c1c(NC(C)=O)c2cc(NCc3ccc(OC(C)C)cc3)cnc2n1CCC(C)C. The molecule has 8 nitrogen and oxygen atoms in total. The van der Waals surface area contributed by atoms with Gasteiger partial charge in [-0.3, -0.25) is 4.79 Å². The van der Waals surface area contributed by atoms with Gasteiger partial charge < -0.3 is 24.7 Å². The van der Waals surface area contributed by atoms with Gasteiger partial charge in [-0.15, -0.1) is 0 Å². The van der Waals surface area contributed by atoms with Crippen LogP contribution in [0.4, 0.5) is 11.4 Å². The van der Waals surface area contributed by atoms with Crippen LogP contribution >= 0.6 is 0 Å². The molecule has 0 unspecified atom stereocenters. The molecule has 2 heterocycles. The van der Waals surface area contributed by atoms with Crippen LogP contribution in [0.3, 0.4) is 0 Å².